The maximum absolute atomic E-state index is 13.3. The van der Waals surface area contributed by atoms with Crippen LogP contribution in [0.3, 0.4) is 0 Å². The molecule has 1 N–H and O–H groups in total. The Bertz CT molecular complexity index is 1370. The minimum absolute atomic E-state index is 0.0231. The maximum Gasteiger partial charge on any atom is 0.326 e. The Labute approximate surface area is 207 Å². The molecular formula is C31H31N3O. The molecule has 0 bridgehead atoms. The Morgan fingerprint density at radius 1 is 0.857 bits per heavy atom. The van der Waals surface area contributed by atoms with Crippen LogP contribution in [0.25, 0.3) is 10.8 Å². The number of likely N-dealkylation sites (tertiary alicyclic amines) is 1. The molecule has 0 unspecified atom stereocenters. The van der Waals surface area contributed by atoms with Gasteiger partial charge in [-0.15, -0.1) is 0 Å². The normalized spacial score (nSPS) is 17.0. The Morgan fingerprint density at radius 2 is 1.60 bits per heavy atom. The smallest absolute Gasteiger partial charge is 0.308 e. The fourth-order valence-corrected chi connectivity index (χ4v) is 5.84. The summed E-state index contributed by atoms with van der Waals surface area (Å²) < 4.78 is 0. The van der Waals surface area contributed by atoms with Crippen molar-refractivity contribution in [1.29, 1.82) is 0 Å². The van der Waals surface area contributed by atoms with Crippen molar-refractivity contribution >= 4 is 28.2 Å². The van der Waals surface area contributed by atoms with E-state index < -0.39 is 0 Å². The van der Waals surface area contributed by atoms with E-state index >= 15 is 0 Å². The number of para-hydroxylation sites is 1. The third-order valence-corrected chi connectivity index (χ3v) is 7.78. The summed E-state index contributed by atoms with van der Waals surface area (Å²) in [6.45, 7) is 5.94. The number of aryl methyl sites for hydroxylation is 1. The van der Waals surface area contributed by atoms with E-state index in [1.807, 2.05) is 35.2 Å². The van der Waals surface area contributed by atoms with E-state index in [4.69, 9.17) is 0 Å². The third kappa shape index (κ3) is 4.19. The first kappa shape index (κ1) is 21.9. The lowest BCUT2D eigenvalue weighted by atomic mass is 9.74. The lowest BCUT2D eigenvalue weighted by Gasteiger charge is -2.40. The number of amides is 2. The summed E-state index contributed by atoms with van der Waals surface area (Å²) in [6, 6.07) is 31.6. The minimum atomic E-state index is -0.0447. The number of anilines is 2. The Balaban J connectivity index is 1.20. The number of benzene rings is 4. The highest BCUT2D eigenvalue weighted by molar-refractivity contribution is 6.03. The van der Waals surface area contributed by atoms with Crippen molar-refractivity contribution in [2.24, 2.45) is 0 Å². The largest absolute Gasteiger partial charge is 0.326 e. The maximum atomic E-state index is 13.3. The molecule has 176 valence electrons. The minimum Gasteiger partial charge on any atom is -0.308 e. The molecule has 2 aliphatic heterocycles. The fraction of sp³-hybridized carbons (Fsp3) is 0.258. The molecular weight excluding hydrogens is 430 g/mol. The van der Waals surface area contributed by atoms with E-state index in [1.165, 1.54) is 27.5 Å². The molecule has 2 aliphatic rings. The van der Waals surface area contributed by atoms with E-state index in [0.717, 1.165) is 50.4 Å². The molecule has 4 aromatic rings. The van der Waals surface area contributed by atoms with Crippen LogP contribution in [-0.2, 0) is 12.0 Å². The first-order chi connectivity index (χ1) is 17.1. The van der Waals surface area contributed by atoms with Gasteiger partial charge in [-0.3, -0.25) is 9.80 Å². The van der Waals surface area contributed by atoms with Gasteiger partial charge >= 0.3 is 6.03 Å². The van der Waals surface area contributed by atoms with Gasteiger partial charge in [-0.2, -0.15) is 0 Å². The van der Waals surface area contributed by atoms with Crippen molar-refractivity contribution in [3.63, 3.8) is 0 Å². The predicted molar refractivity (Wildman–Crippen MR) is 144 cm³/mol. The van der Waals surface area contributed by atoms with Gasteiger partial charge in [-0.25, -0.2) is 4.79 Å². The van der Waals surface area contributed by atoms with Gasteiger partial charge in [0.05, 0.1) is 0 Å². The number of piperidine rings is 1. The molecule has 0 aromatic heterocycles. The van der Waals surface area contributed by atoms with Crippen molar-refractivity contribution in [2.75, 3.05) is 29.9 Å². The number of carbonyl (C=O) groups excluding carboxylic acids is 1. The lowest BCUT2D eigenvalue weighted by Crippen LogP contribution is -2.46. The van der Waals surface area contributed by atoms with E-state index in [-0.39, 0.29) is 11.4 Å². The number of carbonyl (C=O) groups is 1. The Morgan fingerprint density at radius 3 is 2.40 bits per heavy atom. The molecule has 4 nitrogen and oxygen atoms in total. The van der Waals surface area contributed by atoms with Gasteiger partial charge in [0.25, 0.3) is 0 Å². The molecule has 0 radical (unpaired) electrons. The molecule has 2 heterocycles. The van der Waals surface area contributed by atoms with Gasteiger partial charge in [-0.05, 0) is 79.0 Å². The molecule has 0 atom stereocenters. The molecule has 1 fully saturated rings. The summed E-state index contributed by atoms with van der Waals surface area (Å²) in [6.07, 6.45) is 2.12. The Kier molecular flexibility index (Phi) is 5.54. The van der Waals surface area contributed by atoms with Crippen molar-refractivity contribution in [1.82, 2.24) is 4.90 Å². The molecule has 1 saturated heterocycles. The molecule has 1 spiro atoms. The van der Waals surface area contributed by atoms with Crippen LogP contribution in [0.5, 0.6) is 0 Å². The van der Waals surface area contributed by atoms with Gasteiger partial charge in [0.15, 0.2) is 0 Å². The van der Waals surface area contributed by atoms with Crippen molar-refractivity contribution in [2.45, 2.75) is 31.7 Å². The SMILES string of the molecule is Cc1ccc2c(c1)C1(CCN(Cc3ccc4ccccc4c3)CC1)CN2C(=O)Nc1ccccc1. The Hall–Kier alpha value is -3.63. The summed E-state index contributed by atoms with van der Waals surface area (Å²) in [4.78, 5) is 17.8. The number of hydrogen-bond donors (Lipinski definition) is 1. The van der Waals surface area contributed by atoms with Gasteiger partial charge in [-0.1, -0.05) is 72.3 Å². The second-order valence-corrected chi connectivity index (χ2v) is 10.1. The quantitative estimate of drug-likeness (QED) is 0.367. The molecule has 35 heavy (non-hydrogen) atoms. The van der Waals surface area contributed by atoms with Crippen LogP contribution in [0, 0.1) is 6.92 Å². The zero-order chi connectivity index (χ0) is 23.8. The van der Waals surface area contributed by atoms with Crippen LogP contribution >= 0.6 is 0 Å². The number of fused-ring (bicyclic) bond motifs is 3. The van der Waals surface area contributed by atoms with E-state index in [0.29, 0.717) is 0 Å². The van der Waals surface area contributed by atoms with Gasteiger partial charge in [0.2, 0.25) is 0 Å². The predicted octanol–water partition coefficient (Wildman–Crippen LogP) is 6.73. The lowest BCUT2D eigenvalue weighted by molar-refractivity contribution is 0.160. The molecule has 4 aromatic carbocycles. The molecule has 0 aliphatic carbocycles. The standard InChI is InChI=1S/C31H31N3O/c1-23-11-14-29-28(19-23)31(22-34(29)30(35)32-27-9-3-2-4-10-27)15-17-33(18-16-31)21-24-12-13-25-7-5-6-8-26(25)20-24/h2-14,19-20H,15-18,21-22H2,1H3,(H,32,35). The number of hydrogen-bond acceptors (Lipinski definition) is 2. The summed E-state index contributed by atoms with van der Waals surface area (Å²) in [5.41, 5.74) is 5.88. The first-order valence-electron chi connectivity index (χ1n) is 12.5. The van der Waals surface area contributed by atoms with Gasteiger partial charge in [0.1, 0.15) is 0 Å². The zero-order valence-electron chi connectivity index (χ0n) is 20.2. The number of rotatable bonds is 3. The van der Waals surface area contributed by atoms with Gasteiger partial charge in [0, 0.05) is 29.9 Å². The number of nitrogens with zero attached hydrogens (tertiary/aromatic N) is 2. The molecule has 4 heteroatoms. The average molecular weight is 462 g/mol. The van der Waals surface area contributed by atoms with Crippen molar-refractivity contribution < 1.29 is 4.79 Å². The van der Waals surface area contributed by atoms with Crippen LogP contribution in [0.15, 0.2) is 91.0 Å². The van der Waals surface area contributed by atoms with Crippen LogP contribution in [0.1, 0.15) is 29.5 Å². The summed E-state index contributed by atoms with van der Waals surface area (Å²) in [5, 5.41) is 5.69. The highest BCUT2D eigenvalue weighted by Crippen LogP contribution is 2.47. The van der Waals surface area contributed by atoms with Crippen LogP contribution < -0.4 is 10.2 Å². The van der Waals surface area contributed by atoms with E-state index in [1.54, 1.807) is 0 Å². The first-order valence-corrected chi connectivity index (χ1v) is 12.5. The highest BCUT2D eigenvalue weighted by Gasteiger charge is 2.46. The van der Waals surface area contributed by atoms with Crippen molar-refractivity contribution in [3.05, 3.63) is 108 Å². The van der Waals surface area contributed by atoms with Crippen LogP contribution in [0.2, 0.25) is 0 Å². The average Bonchev–Trinajstić information content (AvgIpc) is 3.19. The van der Waals surface area contributed by atoms with E-state index in [9.17, 15) is 4.79 Å². The van der Waals surface area contributed by atoms with Crippen molar-refractivity contribution in [3.8, 4) is 0 Å². The molecule has 0 saturated carbocycles. The highest BCUT2D eigenvalue weighted by atomic mass is 16.2. The number of urea groups is 1. The van der Waals surface area contributed by atoms with Crippen LogP contribution in [-0.4, -0.2) is 30.6 Å². The summed E-state index contributed by atoms with van der Waals surface area (Å²) in [5.74, 6) is 0. The van der Waals surface area contributed by atoms with E-state index in [2.05, 4.69) is 77.8 Å². The zero-order valence-corrected chi connectivity index (χ0v) is 20.2. The summed E-state index contributed by atoms with van der Waals surface area (Å²) in [7, 11) is 0. The molecule has 6 rings (SSSR count). The fourth-order valence-electron chi connectivity index (χ4n) is 5.84. The van der Waals surface area contributed by atoms with Gasteiger partial charge < -0.3 is 5.32 Å². The number of nitrogens with one attached hydrogen (secondary N) is 1. The second-order valence-electron chi connectivity index (χ2n) is 10.1. The topological polar surface area (TPSA) is 35.6 Å². The van der Waals surface area contributed by atoms with Crippen LogP contribution in [0.4, 0.5) is 16.2 Å². The third-order valence-electron chi connectivity index (χ3n) is 7.78. The summed E-state index contributed by atoms with van der Waals surface area (Å²) >= 11 is 0. The second kappa shape index (κ2) is 8.86. The molecule has 2 amide bonds. The monoisotopic (exact) mass is 461 g/mol.